The predicted molar refractivity (Wildman–Crippen MR) is 144 cm³/mol. The molecule has 1 aliphatic carbocycles. The molecule has 4 rings (SSSR count). The van der Waals surface area contributed by atoms with E-state index in [1.807, 2.05) is 7.11 Å². The standard InChI is InChI=1S/C28H47N3O.ClH/c1-7-11-29-13-15-30(16-14-29)26-9-8-23(31-12-10-24(20-31)32-6)17-25(26)22-18-27(2,3)21-28(4,5)19-22;/h8-9,17,22,24H,7,10-16,18-21H2,1-6H3;1H/t24-;/m0./s1. The number of ether oxygens (including phenoxy) is 1. The van der Waals surface area contributed by atoms with Crippen LogP contribution in [-0.4, -0.2) is 63.9 Å². The number of hydrogen-bond acceptors (Lipinski definition) is 4. The molecule has 2 heterocycles. The van der Waals surface area contributed by atoms with E-state index in [1.165, 1.54) is 56.7 Å². The summed E-state index contributed by atoms with van der Waals surface area (Å²) in [5.74, 6) is 0.637. The largest absolute Gasteiger partial charge is 0.380 e. The molecule has 0 unspecified atom stereocenters. The fourth-order valence-corrected chi connectivity index (χ4v) is 7.10. The van der Waals surface area contributed by atoms with Crippen molar-refractivity contribution in [3.05, 3.63) is 23.8 Å². The summed E-state index contributed by atoms with van der Waals surface area (Å²) < 4.78 is 5.66. The highest BCUT2D eigenvalue weighted by molar-refractivity contribution is 5.85. The number of benzene rings is 1. The number of piperazine rings is 1. The lowest BCUT2D eigenvalue weighted by Crippen LogP contribution is -2.47. The average Bonchev–Trinajstić information content (AvgIpc) is 3.21. The molecule has 3 aliphatic rings. The Morgan fingerprint density at radius 3 is 2.18 bits per heavy atom. The lowest BCUT2D eigenvalue weighted by Gasteiger charge is -2.46. The minimum atomic E-state index is 0. The molecule has 4 nitrogen and oxygen atoms in total. The highest BCUT2D eigenvalue weighted by Crippen LogP contribution is 2.53. The van der Waals surface area contributed by atoms with Gasteiger partial charge in [0.15, 0.2) is 0 Å². The zero-order valence-electron chi connectivity index (χ0n) is 22.0. The lowest BCUT2D eigenvalue weighted by molar-refractivity contribution is 0.0970. The van der Waals surface area contributed by atoms with Crippen molar-refractivity contribution in [3.63, 3.8) is 0 Å². The van der Waals surface area contributed by atoms with Gasteiger partial charge in [-0.05, 0) is 79.2 Å². The maximum Gasteiger partial charge on any atom is 0.0762 e. The molecule has 0 radical (unpaired) electrons. The summed E-state index contributed by atoms with van der Waals surface area (Å²) >= 11 is 0. The molecular formula is C28H48ClN3O. The maximum atomic E-state index is 5.66. The van der Waals surface area contributed by atoms with Gasteiger partial charge in [-0.25, -0.2) is 0 Å². The van der Waals surface area contributed by atoms with Gasteiger partial charge in [-0.2, -0.15) is 0 Å². The molecule has 1 atom stereocenters. The van der Waals surface area contributed by atoms with E-state index in [0.717, 1.165) is 32.6 Å². The second kappa shape index (κ2) is 10.7. The van der Waals surface area contributed by atoms with E-state index in [4.69, 9.17) is 4.74 Å². The molecule has 3 fully saturated rings. The van der Waals surface area contributed by atoms with E-state index in [0.29, 0.717) is 22.9 Å². The number of nitrogens with zero attached hydrogens (tertiary/aromatic N) is 3. The van der Waals surface area contributed by atoms with Crippen LogP contribution in [0.25, 0.3) is 0 Å². The average molecular weight is 478 g/mol. The molecule has 33 heavy (non-hydrogen) atoms. The van der Waals surface area contributed by atoms with Crippen molar-refractivity contribution in [2.75, 3.05) is 62.7 Å². The van der Waals surface area contributed by atoms with Crippen LogP contribution in [0, 0.1) is 10.8 Å². The smallest absolute Gasteiger partial charge is 0.0762 e. The summed E-state index contributed by atoms with van der Waals surface area (Å²) in [7, 11) is 1.85. The van der Waals surface area contributed by atoms with E-state index >= 15 is 0 Å². The number of rotatable bonds is 6. The number of methoxy groups -OCH3 is 1. The highest BCUT2D eigenvalue weighted by atomic mass is 35.5. The second-order valence-corrected chi connectivity index (χ2v) is 12.3. The Labute approximate surface area is 209 Å². The van der Waals surface area contributed by atoms with Crippen LogP contribution in [0.4, 0.5) is 11.4 Å². The summed E-state index contributed by atoms with van der Waals surface area (Å²) in [6.45, 7) is 20.3. The minimum Gasteiger partial charge on any atom is -0.380 e. The zero-order valence-corrected chi connectivity index (χ0v) is 22.8. The SMILES string of the molecule is CCCN1CCN(c2ccc(N3CC[C@H](OC)C3)cc2C2CC(C)(C)CC(C)(C)C2)CC1.Cl. The minimum absolute atomic E-state index is 0. The molecule has 188 valence electrons. The summed E-state index contributed by atoms with van der Waals surface area (Å²) in [5.41, 5.74) is 5.30. The molecule has 0 bridgehead atoms. The Kier molecular flexibility index (Phi) is 8.67. The summed E-state index contributed by atoms with van der Waals surface area (Å²) in [6, 6.07) is 7.40. The molecule has 0 amide bonds. The molecule has 0 spiro atoms. The van der Waals surface area contributed by atoms with E-state index in [2.05, 4.69) is 67.5 Å². The van der Waals surface area contributed by atoms with Gasteiger partial charge in [0.25, 0.3) is 0 Å². The number of hydrogen-bond donors (Lipinski definition) is 0. The first kappa shape index (κ1) is 26.6. The fraction of sp³-hybridized carbons (Fsp3) is 0.786. The predicted octanol–water partition coefficient (Wildman–Crippen LogP) is 6.19. The third-order valence-electron chi connectivity index (χ3n) is 8.10. The van der Waals surface area contributed by atoms with Crippen LogP contribution >= 0.6 is 12.4 Å². The molecular weight excluding hydrogens is 430 g/mol. The van der Waals surface area contributed by atoms with Gasteiger partial charge >= 0.3 is 0 Å². The summed E-state index contributed by atoms with van der Waals surface area (Å²) in [6.07, 6.45) is 6.67. The third kappa shape index (κ3) is 6.38. The molecule has 0 aromatic heterocycles. The van der Waals surface area contributed by atoms with Gasteiger partial charge < -0.3 is 14.5 Å². The van der Waals surface area contributed by atoms with Crippen LogP contribution in [0.1, 0.15) is 78.2 Å². The molecule has 0 N–H and O–H groups in total. The highest BCUT2D eigenvalue weighted by Gasteiger charge is 2.40. The quantitative estimate of drug-likeness (QED) is 0.486. The number of anilines is 2. The maximum absolute atomic E-state index is 5.66. The van der Waals surface area contributed by atoms with Crippen molar-refractivity contribution in [2.24, 2.45) is 10.8 Å². The van der Waals surface area contributed by atoms with Gasteiger partial charge in [-0.1, -0.05) is 34.6 Å². The van der Waals surface area contributed by atoms with Crippen molar-refractivity contribution in [1.29, 1.82) is 0 Å². The topological polar surface area (TPSA) is 19.0 Å². The van der Waals surface area contributed by atoms with E-state index in [9.17, 15) is 0 Å². The molecule has 5 heteroatoms. The molecule has 1 saturated carbocycles. The summed E-state index contributed by atoms with van der Waals surface area (Å²) in [4.78, 5) is 7.86. The van der Waals surface area contributed by atoms with E-state index < -0.39 is 0 Å². The van der Waals surface area contributed by atoms with Crippen molar-refractivity contribution < 1.29 is 4.74 Å². The Bertz CT molecular complexity index is 756. The molecule has 1 aromatic carbocycles. The van der Waals surface area contributed by atoms with Crippen molar-refractivity contribution in [3.8, 4) is 0 Å². The van der Waals surface area contributed by atoms with Gasteiger partial charge in [0, 0.05) is 57.8 Å². The lowest BCUT2D eigenvalue weighted by atomic mass is 9.60. The second-order valence-electron chi connectivity index (χ2n) is 12.3. The van der Waals surface area contributed by atoms with Crippen LogP contribution in [0.2, 0.25) is 0 Å². The van der Waals surface area contributed by atoms with Gasteiger partial charge in [0.1, 0.15) is 0 Å². The Morgan fingerprint density at radius 1 is 0.939 bits per heavy atom. The first-order chi connectivity index (χ1) is 15.2. The van der Waals surface area contributed by atoms with E-state index in [-0.39, 0.29) is 12.4 Å². The Morgan fingerprint density at radius 2 is 1.61 bits per heavy atom. The first-order valence-corrected chi connectivity index (χ1v) is 13.1. The summed E-state index contributed by atoms with van der Waals surface area (Å²) in [5, 5.41) is 0. The van der Waals surface area contributed by atoms with Crippen LogP contribution < -0.4 is 9.80 Å². The van der Waals surface area contributed by atoms with Crippen LogP contribution in [-0.2, 0) is 4.74 Å². The van der Waals surface area contributed by atoms with Crippen molar-refractivity contribution >= 4 is 23.8 Å². The van der Waals surface area contributed by atoms with Crippen LogP contribution in [0.15, 0.2) is 18.2 Å². The van der Waals surface area contributed by atoms with Gasteiger partial charge in [-0.3, -0.25) is 4.90 Å². The zero-order chi connectivity index (χ0) is 22.9. The molecule has 2 saturated heterocycles. The Hall–Kier alpha value is -0.970. The monoisotopic (exact) mass is 477 g/mol. The van der Waals surface area contributed by atoms with Gasteiger partial charge in [-0.15, -0.1) is 12.4 Å². The normalized spacial score (nSPS) is 25.8. The van der Waals surface area contributed by atoms with Crippen LogP contribution in [0.5, 0.6) is 0 Å². The fourth-order valence-electron chi connectivity index (χ4n) is 7.10. The number of halogens is 1. The first-order valence-electron chi connectivity index (χ1n) is 13.1. The van der Waals surface area contributed by atoms with E-state index in [1.54, 1.807) is 5.56 Å². The van der Waals surface area contributed by atoms with Gasteiger partial charge in [0.05, 0.1) is 6.10 Å². The van der Waals surface area contributed by atoms with Crippen molar-refractivity contribution in [1.82, 2.24) is 4.90 Å². The Balaban J connectivity index is 0.00000306. The van der Waals surface area contributed by atoms with Gasteiger partial charge in [0.2, 0.25) is 0 Å². The van der Waals surface area contributed by atoms with Crippen LogP contribution in [0.3, 0.4) is 0 Å². The molecule has 2 aliphatic heterocycles. The van der Waals surface area contributed by atoms with Crippen molar-refractivity contribution in [2.45, 2.75) is 78.7 Å². The third-order valence-corrected chi connectivity index (χ3v) is 8.10. The molecule has 1 aromatic rings.